The minimum atomic E-state index is -1.09. The fourth-order valence-corrected chi connectivity index (χ4v) is 5.76. The molecule has 2 aliphatic heterocycles. The van der Waals surface area contributed by atoms with E-state index in [9.17, 15) is 14.7 Å². The maximum Gasteiger partial charge on any atom is 0.256 e. The smallest absolute Gasteiger partial charge is 0.256 e. The molecule has 8 heteroatoms. The molecular formula is C28H36ClN3O4. The number of aliphatic hydroxyl groups excluding tert-OH is 2. The first kappa shape index (κ1) is 26.5. The Morgan fingerprint density at radius 1 is 1.00 bits per heavy atom. The van der Waals surface area contributed by atoms with E-state index in [1.165, 1.54) is 4.90 Å². The molecule has 2 amide bonds. The van der Waals surface area contributed by atoms with Crippen LogP contribution in [0, 0.1) is 11.8 Å². The largest absolute Gasteiger partial charge is 0.395 e. The third kappa shape index (κ3) is 6.02. The summed E-state index contributed by atoms with van der Waals surface area (Å²) in [5, 5.41) is 20.0. The van der Waals surface area contributed by atoms with Gasteiger partial charge in [0.1, 0.15) is 0 Å². The van der Waals surface area contributed by atoms with Crippen molar-refractivity contribution in [1.29, 1.82) is 0 Å². The Balaban J connectivity index is 1.27. The van der Waals surface area contributed by atoms with Crippen LogP contribution in [0.15, 0.2) is 48.5 Å². The van der Waals surface area contributed by atoms with Crippen molar-refractivity contribution < 1.29 is 19.8 Å². The van der Waals surface area contributed by atoms with Gasteiger partial charge in [0.05, 0.1) is 17.2 Å². The summed E-state index contributed by atoms with van der Waals surface area (Å²) in [6.45, 7) is 3.45. The van der Waals surface area contributed by atoms with Gasteiger partial charge in [-0.05, 0) is 61.3 Å². The van der Waals surface area contributed by atoms with Crippen molar-refractivity contribution in [2.45, 2.75) is 31.8 Å². The average Bonchev–Trinajstić information content (AvgIpc) is 2.92. The number of carbonyl (C=O) groups excluding carboxylic acids is 2. The predicted molar refractivity (Wildman–Crippen MR) is 141 cm³/mol. The van der Waals surface area contributed by atoms with E-state index in [2.05, 4.69) is 4.90 Å². The average molecular weight is 514 g/mol. The van der Waals surface area contributed by atoms with Crippen LogP contribution < -0.4 is 4.90 Å². The molecule has 0 bridgehead atoms. The molecule has 2 aliphatic rings. The van der Waals surface area contributed by atoms with Crippen molar-refractivity contribution in [3.8, 4) is 0 Å². The second-order valence-corrected chi connectivity index (χ2v) is 10.3. The summed E-state index contributed by atoms with van der Waals surface area (Å²) in [7, 11) is 1.65. The molecule has 1 unspecified atom stereocenters. The van der Waals surface area contributed by atoms with Crippen molar-refractivity contribution >= 4 is 29.1 Å². The third-order valence-corrected chi connectivity index (χ3v) is 8.05. The van der Waals surface area contributed by atoms with Crippen LogP contribution in [-0.2, 0) is 4.79 Å². The van der Waals surface area contributed by atoms with E-state index in [0.29, 0.717) is 41.1 Å². The first-order valence-corrected chi connectivity index (χ1v) is 13.2. The van der Waals surface area contributed by atoms with Crippen molar-refractivity contribution in [2.24, 2.45) is 11.8 Å². The SMILES string of the molecule is CN(CCO)C(=O)c1ccc(N2CCC(C3CCN(C(=O)C(O)c4ccccc4)CC3)CC2)cc1Cl. The zero-order chi connectivity index (χ0) is 25.7. The molecule has 2 N–H and O–H groups in total. The number of likely N-dealkylation sites (N-methyl/N-ethyl adjacent to an activating group) is 1. The molecule has 0 saturated carbocycles. The van der Waals surface area contributed by atoms with Crippen LogP contribution in [0.4, 0.5) is 5.69 Å². The minimum Gasteiger partial charge on any atom is -0.395 e. The minimum absolute atomic E-state index is 0.0855. The number of hydrogen-bond donors (Lipinski definition) is 2. The van der Waals surface area contributed by atoms with Crippen molar-refractivity contribution in [3.63, 3.8) is 0 Å². The lowest BCUT2D eigenvalue weighted by Crippen LogP contribution is -2.44. The number of rotatable bonds is 7. The van der Waals surface area contributed by atoms with E-state index >= 15 is 0 Å². The summed E-state index contributed by atoms with van der Waals surface area (Å²) >= 11 is 6.45. The van der Waals surface area contributed by atoms with Gasteiger partial charge in [-0.3, -0.25) is 9.59 Å². The summed E-state index contributed by atoms with van der Waals surface area (Å²) in [6.07, 6.45) is 3.03. The Labute approximate surface area is 218 Å². The zero-order valence-electron chi connectivity index (χ0n) is 20.9. The lowest BCUT2D eigenvalue weighted by Gasteiger charge is -2.41. The van der Waals surface area contributed by atoms with Crippen LogP contribution in [0.5, 0.6) is 0 Å². The number of anilines is 1. The molecule has 1 atom stereocenters. The van der Waals surface area contributed by atoms with E-state index in [-0.39, 0.29) is 25.0 Å². The third-order valence-electron chi connectivity index (χ3n) is 7.74. The molecule has 2 saturated heterocycles. The predicted octanol–water partition coefficient (Wildman–Crippen LogP) is 3.59. The molecule has 2 aromatic carbocycles. The Morgan fingerprint density at radius 2 is 1.61 bits per heavy atom. The molecule has 7 nitrogen and oxygen atoms in total. The van der Waals surface area contributed by atoms with Gasteiger partial charge >= 0.3 is 0 Å². The van der Waals surface area contributed by atoms with E-state index < -0.39 is 6.10 Å². The number of likely N-dealkylation sites (tertiary alicyclic amines) is 1. The van der Waals surface area contributed by atoms with Gasteiger partial charge in [-0.1, -0.05) is 41.9 Å². The highest BCUT2D eigenvalue weighted by atomic mass is 35.5. The highest BCUT2D eigenvalue weighted by molar-refractivity contribution is 6.34. The normalized spacial score (nSPS) is 18.2. The molecule has 0 aliphatic carbocycles. The van der Waals surface area contributed by atoms with Crippen LogP contribution in [0.25, 0.3) is 0 Å². The Morgan fingerprint density at radius 3 is 2.19 bits per heavy atom. The molecule has 0 spiro atoms. The second kappa shape index (κ2) is 12.1. The van der Waals surface area contributed by atoms with E-state index in [1.54, 1.807) is 25.2 Å². The number of piperidine rings is 2. The number of nitrogens with zero attached hydrogens (tertiary/aromatic N) is 3. The summed E-state index contributed by atoms with van der Waals surface area (Å²) in [4.78, 5) is 30.9. The van der Waals surface area contributed by atoms with E-state index in [0.717, 1.165) is 44.5 Å². The van der Waals surface area contributed by atoms with Crippen LogP contribution in [0.2, 0.25) is 5.02 Å². The number of benzene rings is 2. The maximum atomic E-state index is 12.8. The van der Waals surface area contributed by atoms with Gasteiger partial charge in [0.15, 0.2) is 6.10 Å². The quantitative estimate of drug-likeness (QED) is 0.591. The fourth-order valence-electron chi connectivity index (χ4n) is 5.50. The molecule has 0 radical (unpaired) electrons. The number of aliphatic hydroxyl groups is 2. The molecule has 4 rings (SSSR count). The van der Waals surface area contributed by atoms with E-state index in [1.807, 2.05) is 35.2 Å². The highest BCUT2D eigenvalue weighted by Gasteiger charge is 2.33. The highest BCUT2D eigenvalue weighted by Crippen LogP contribution is 2.35. The summed E-state index contributed by atoms with van der Waals surface area (Å²) in [5.74, 6) is 0.827. The van der Waals surface area contributed by atoms with Crippen molar-refractivity contribution in [1.82, 2.24) is 9.80 Å². The van der Waals surface area contributed by atoms with Crippen LogP contribution >= 0.6 is 11.6 Å². The van der Waals surface area contributed by atoms with Crippen LogP contribution in [-0.4, -0.2) is 78.2 Å². The second-order valence-electron chi connectivity index (χ2n) is 9.91. The maximum absolute atomic E-state index is 12.8. The van der Waals surface area contributed by atoms with Gasteiger partial charge in [-0.25, -0.2) is 0 Å². The molecule has 2 aromatic rings. The number of hydrogen-bond acceptors (Lipinski definition) is 5. The summed E-state index contributed by atoms with van der Waals surface area (Å²) < 4.78 is 0. The van der Waals surface area contributed by atoms with Crippen LogP contribution in [0.3, 0.4) is 0 Å². The summed E-state index contributed by atoms with van der Waals surface area (Å²) in [6, 6.07) is 14.7. The molecular weight excluding hydrogens is 478 g/mol. The number of halogens is 1. The van der Waals surface area contributed by atoms with Gasteiger partial charge in [0.2, 0.25) is 0 Å². The zero-order valence-corrected chi connectivity index (χ0v) is 21.6. The fraction of sp³-hybridized carbons (Fsp3) is 0.500. The standard InChI is InChI=1S/C28H36ClN3O4/c1-30(17-18-33)27(35)24-8-7-23(19-25(24)29)31-13-9-20(10-14-31)21-11-15-32(16-12-21)28(36)26(34)22-5-3-2-4-6-22/h2-8,19-21,26,33-34H,9-18H2,1H3. The Hall–Kier alpha value is -2.61. The number of carbonyl (C=O) groups is 2. The molecule has 36 heavy (non-hydrogen) atoms. The lowest BCUT2D eigenvalue weighted by atomic mass is 9.78. The van der Waals surface area contributed by atoms with Crippen LogP contribution in [0.1, 0.15) is 47.7 Å². The first-order chi connectivity index (χ1) is 17.4. The Bertz CT molecular complexity index is 1030. The molecule has 0 aromatic heterocycles. The van der Waals surface area contributed by atoms with E-state index in [4.69, 9.17) is 16.7 Å². The summed E-state index contributed by atoms with van der Waals surface area (Å²) in [5.41, 5.74) is 2.12. The van der Waals surface area contributed by atoms with Crippen molar-refractivity contribution in [3.05, 3.63) is 64.7 Å². The number of amides is 2. The topological polar surface area (TPSA) is 84.3 Å². The Kier molecular flexibility index (Phi) is 8.88. The lowest BCUT2D eigenvalue weighted by molar-refractivity contribution is -0.142. The van der Waals surface area contributed by atoms with Gasteiger partial charge in [-0.2, -0.15) is 0 Å². The van der Waals surface area contributed by atoms with Gasteiger partial charge in [0.25, 0.3) is 11.8 Å². The molecule has 194 valence electrons. The molecule has 2 heterocycles. The monoisotopic (exact) mass is 513 g/mol. The first-order valence-electron chi connectivity index (χ1n) is 12.8. The van der Waals surface area contributed by atoms with Crippen molar-refractivity contribution in [2.75, 3.05) is 51.3 Å². The van der Waals surface area contributed by atoms with Gasteiger partial charge < -0.3 is 24.9 Å². The molecule has 2 fully saturated rings. The van der Waals surface area contributed by atoms with Gasteiger partial charge in [0, 0.05) is 45.5 Å². The van der Waals surface area contributed by atoms with Gasteiger partial charge in [-0.15, -0.1) is 0 Å².